The van der Waals surface area contributed by atoms with Gasteiger partial charge in [-0.3, -0.25) is 4.79 Å². The Bertz CT molecular complexity index is 825. The van der Waals surface area contributed by atoms with Gasteiger partial charge in [0.25, 0.3) is 0 Å². The van der Waals surface area contributed by atoms with Crippen LogP contribution in [0.5, 0.6) is 0 Å². The Balaban J connectivity index is -0.000000404. The highest BCUT2D eigenvalue weighted by molar-refractivity contribution is 5.91. The Kier molecular flexibility index (Phi) is 26.1. The molecule has 1 rings (SSSR count). The number of hydrogen-bond acceptors (Lipinski definition) is 6. The second-order valence-corrected chi connectivity index (χ2v) is 7.09. The first kappa shape index (κ1) is 36.6. The molecular weight excluding hydrogens is 464 g/mol. The molecule has 0 saturated carbocycles. The molecule has 0 atom stereocenters. The monoisotopic (exact) mass is 504 g/mol. The van der Waals surface area contributed by atoms with Crippen molar-refractivity contribution in [3.05, 3.63) is 79.4 Å². The van der Waals surface area contributed by atoms with Gasteiger partial charge >= 0.3 is 23.9 Å². The van der Waals surface area contributed by atoms with Crippen LogP contribution in [0.15, 0.2) is 73.9 Å². The lowest BCUT2D eigenvalue weighted by Gasteiger charge is -2.01. The number of ether oxygens (including phenoxy) is 2. The van der Waals surface area contributed by atoms with Crippen LogP contribution < -0.4 is 0 Å². The van der Waals surface area contributed by atoms with E-state index in [9.17, 15) is 19.2 Å². The summed E-state index contributed by atoms with van der Waals surface area (Å²) < 4.78 is 9.48. The summed E-state index contributed by atoms with van der Waals surface area (Å²) in [7, 11) is 0. The summed E-state index contributed by atoms with van der Waals surface area (Å²) in [5, 5.41) is 16.1. The molecule has 0 aliphatic carbocycles. The molecule has 1 aromatic carbocycles. The molecule has 2 N–H and O–H groups in total. The first-order chi connectivity index (χ1) is 17.0. The van der Waals surface area contributed by atoms with Crippen molar-refractivity contribution in [2.45, 2.75) is 52.9 Å². The zero-order valence-electron chi connectivity index (χ0n) is 21.7. The van der Waals surface area contributed by atoms with Gasteiger partial charge < -0.3 is 19.7 Å². The van der Waals surface area contributed by atoms with E-state index >= 15 is 0 Å². The first-order valence-corrected chi connectivity index (χ1v) is 11.4. The fourth-order valence-electron chi connectivity index (χ4n) is 1.66. The molecule has 8 nitrogen and oxygen atoms in total. The molecule has 0 bridgehead atoms. The molecule has 0 aliphatic rings. The van der Waals surface area contributed by atoms with Gasteiger partial charge in [0.1, 0.15) is 0 Å². The number of aliphatic carboxylic acids is 2. The fourth-order valence-corrected chi connectivity index (χ4v) is 1.66. The number of carboxylic acid groups (broad SMARTS) is 2. The number of carbonyl (C=O) groups excluding carboxylic acids is 2. The van der Waals surface area contributed by atoms with E-state index in [0.717, 1.165) is 25.7 Å². The van der Waals surface area contributed by atoms with Gasteiger partial charge in [-0.2, -0.15) is 0 Å². The topological polar surface area (TPSA) is 127 Å². The lowest BCUT2D eigenvalue weighted by molar-refractivity contribution is -0.139. The van der Waals surface area contributed by atoms with Crippen LogP contribution in [0, 0.1) is 0 Å². The SMILES string of the molecule is C=C(C)C(=O)OCCCC.C=C(CC(=O)O)C(=O)O.C=CC(=O)OCCCC.C=Cc1ccccc1. The van der Waals surface area contributed by atoms with Crippen LogP contribution in [0.25, 0.3) is 6.08 Å². The van der Waals surface area contributed by atoms with E-state index in [1.807, 2.05) is 43.3 Å². The highest BCUT2D eigenvalue weighted by Gasteiger charge is 2.07. The van der Waals surface area contributed by atoms with Gasteiger partial charge in [-0.15, -0.1) is 0 Å². The van der Waals surface area contributed by atoms with Gasteiger partial charge in [-0.05, 0) is 25.3 Å². The second kappa shape index (κ2) is 25.7. The predicted octanol–water partition coefficient (Wildman–Crippen LogP) is 5.85. The van der Waals surface area contributed by atoms with Crippen LogP contribution in [0.4, 0.5) is 0 Å². The number of rotatable bonds is 12. The maximum absolute atomic E-state index is 10.7. The highest BCUT2D eigenvalue weighted by Crippen LogP contribution is 1.98. The Morgan fingerprint density at radius 2 is 1.39 bits per heavy atom. The maximum Gasteiger partial charge on any atom is 0.333 e. The minimum atomic E-state index is -1.27. The van der Waals surface area contributed by atoms with Gasteiger partial charge in [0.15, 0.2) is 0 Å². The smallest absolute Gasteiger partial charge is 0.333 e. The van der Waals surface area contributed by atoms with Gasteiger partial charge in [-0.25, -0.2) is 14.4 Å². The first-order valence-electron chi connectivity index (χ1n) is 11.4. The molecule has 0 amide bonds. The number of unbranched alkanes of at least 4 members (excludes halogenated alkanes) is 2. The van der Waals surface area contributed by atoms with Crippen LogP contribution in [-0.2, 0) is 28.7 Å². The van der Waals surface area contributed by atoms with E-state index in [4.69, 9.17) is 14.9 Å². The molecular formula is C28H40O8. The third kappa shape index (κ3) is 28.1. The summed E-state index contributed by atoms with van der Waals surface area (Å²) >= 11 is 0. The predicted molar refractivity (Wildman–Crippen MR) is 142 cm³/mol. The Morgan fingerprint density at radius 1 is 0.889 bits per heavy atom. The molecule has 8 heteroatoms. The summed E-state index contributed by atoms with van der Waals surface area (Å²) in [6.07, 6.45) is 6.46. The van der Waals surface area contributed by atoms with Crippen molar-refractivity contribution in [1.29, 1.82) is 0 Å². The standard InChI is InChI=1S/C8H14O2.C8H8.C7H12O2.C5H6O4/c1-4-5-6-10-8(9)7(2)3;1-2-8-6-4-3-5-7-8;1-3-5-6-9-7(8)4-2;1-3(5(8)9)2-4(6)7/h2,4-6H2,1,3H3;2-7H,1H2;4H,2-3,5-6H2,1H3;1-2H2,(H,6,7)(H,8,9). The van der Waals surface area contributed by atoms with Crippen LogP contribution in [-0.4, -0.2) is 47.3 Å². The molecule has 36 heavy (non-hydrogen) atoms. The molecule has 200 valence electrons. The van der Waals surface area contributed by atoms with E-state index in [1.54, 1.807) is 6.92 Å². The molecule has 0 heterocycles. The number of esters is 2. The average Bonchev–Trinajstić information content (AvgIpc) is 2.85. The molecule has 0 fully saturated rings. The number of carbonyl (C=O) groups is 4. The summed E-state index contributed by atoms with van der Waals surface area (Å²) in [5.41, 5.74) is 1.34. The molecule has 0 aromatic heterocycles. The lowest BCUT2D eigenvalue weighted by atomic mass is 10.2. The molecule has 1 aromatic rings. The second-order valence-electron chi connectivity index (χ2n) is 7.09. The van der Waals surface area contributed by atoms with Gasteiger partial charge in [0, 0.05) is 17.2 Å². The molecule has 0 unspecified atom stereocenters. The summed E-state index contributed by atoms with van der Waals surface area (Å²) in [5.74, 6) is -3.06. The largest absolute Gasteiger partial charge is 0.481 e. The third-order valence-electron chi connectivity index (χ3n) is 3.69. The quantitative estimate of drug-likeness (QED) is 0.206. The van der Waals surface area contributed by atoms with Crippen molar-refractivity contribution < 1.29 is 38.9 Å². The van der Waals surface area contributed by atoms with Crippen molar-refractivity contribution in [3.63, 3.8) is 0 Å². The lowest BCUT2D eigenvalue weighted by Crippen LogP contribution is -2.05. The maximum atomic E-state index is 10.7. The van der Waals surface area contributed by atoms with E-state index in [2.05, 4.69) is 38.0 Å². The van der Waals surface area contributed by atoms with E-state index in [1.165, 1.54) is 11.6 Å². The van der Waals surface area contributed by atoms with E-state index < -0.39 is 18.4 Å². The molecule has 0 radical (unpaired) electrons. The van der Waals surface area contributed by atoms with Crippen molar-refractivity contribution in [1.82, 2.24) is 0 Å². The zero-order valence-corrected chi connectivity index (χ0v) is 21.7. The van der Waals surface area contributed by atoms with Crippen LogP contribution >= 0.6 is 0 Å². The summed E-state index contributed by atoms with van der Waals surface area (Å²) in [6, 6.07) is 10.0. The number of hydrogen-bond donors (Lipinski definition) is 2. The van der Waals surface area contributed by atoms with Gasteiger partial charge in [-0.1, -0.05) is 89.4 Å². The van der Waals surface area contributed by atoms with Crippen molar-refractivity contribution in [2.75, 3.05) is 13.2 Å². The number of benzene rings is 1. The van der Waals surface area contributed by atoms with Crippen LogP contribution in [0.1, 0.15) is 58.4 Å². The third-order valence-corrected chi connectivity index (χ3v) is 3.69. The summed E-state index contributed by atoms with van der Waals surface area (Å²) in [6.45, 7) is 20.1. The fraction of sp³-hybridized carbons (Fsp3) is 0.357. The van der Waals surface area contributed by atoms with Gasteiger partial charge in [0.2, 0.25) is 0 Å². The Hall–Kier alpha value is -3.94. The summed E-state index contributed by atoms with van der Waals surface area (Å²) in [4.78, 5) is 40.7. The van der Waals surface area contributed by atoms with Crippen molar-refractivity contribution in [3.8, 4) is 0 Å². The minimum Gasteiger partial charge on any atom is -0.481 e. The Labute approximate surface area is 214 Å². The molecule has 0 aliphatic heterocycles. The molecule has 0 spiro atoms. The molecule has 0 saturated heterocycles. The highest BCUT2D eigenvalue weighted by atomic mass is 16.5. The minimum absolute atomic E-state index is 0.284. The van der Waals surface area contributed by atoms with Gasteiger partial charge in [0.05, 0.1) is 19.6 Å². The van der Waals surface area contributed by atoms with Crippen molar-refractivity contribution >= 4 is 30.0 Å². The van der Waals surface area contributed by atoms with E-state index in [0.29, 0.717) is 18.8 Å². The van der Waals surface area contributed by atoms with Crippen molar-refractivity contribution in [2.24, 2.45) is 0 Å². The zero-order chi connectivity index (χ0) is 28.4. The van der Waals surface area contributed by atoms with E-state index in [-0.39, 0.29) is 17.5 Å². The number of carboxylic acids is 2. The Morgan fingerprint density at radius 3 is 1.69 bits per heavy atom. The van der Waals surface area contributed by atoms with Crippen LogP contribution in [0.2, 0.25) is 0 Å². The average molecular weight is 505 g/mol. The normalized spacial score (nSPS) is 8.64. The van der Waals surface area contributed by atoms with Crippen LogP contribution in [0.3, 0.4) is 0 Å².